The number of ether oxygens (including phenoxy) is 1. The minimum atomic E-state index is 0.329. The van der Waals surface area contributed by atoms with E-state index in [0.29, 0.717) is 6.04 Å². The third-order valence-electron chi connectivity index (χ3n) is 4.04. The molecule has 0 amide bonds. The zero-order chi connectivity index (χ0) is 14.2. The van der Waals surface area contributed by atoms with Gasteiger partial charge in [0.1, 0.15) is 5.75 Å². The van der Waals surface area contributed by atoms with E-state index in [1.54, 1.807) is 18.4 Å². The molecule has 2 aromatic carbocycles. The van der Waals surface area contributed by atoms with E-state index >= 15 is 0 Å². The van der Waals surface area contributed by atoms with Crippen molar-refractivity contribution in [3.05, 3.63) is 53.6 Å². The number of nitrogens with one attached hydrogen (secondary N) is 1. The molecule has 0 bridgehead atoms. The Morgan fingerprint density at radius 3 is 2.95 bits per heavy atom. The Kier molecular flexibility index (Phi) is 3.04. The molecular formula is C17H16N2OS. The van der Waals surface area contributed by atoms with Gasteiger partial charge in [-0.3, -0.25) is 0 Å². The van der Waals surface area contributed by atoms with E-state index in [1.807, 2.05) is 12.1 Å². The van der Waals surface area contributed by atoms with Crippen molar-refractivity contribution in [1.29, 1.82) is 0 Å². The van der Waals surface area contributed by atoms with Gasteiger partial charge in [0.25, 0.3) is 0 Å². The fourth-order valence-electron chi connectivity index (χ4n) is 3.04. The number of hydrogen-bond donors (Lipinski definition) is 1. The molecule has 1 atom stereocenters. The van der Waals surface area contributed by atoms with E-state index in [0.717, 1.165) is 29.2 Å². The Balaban J connectivity index is 1.65. The van der Waals surface area contributed by atoms with Gasteiger partial charge in [-0.2, -0.15) is 0 Å². The maximum absolute atomic E-state index is 5.46. The fraction of sp³-hybridized carbons (Fsp3) is 0.235. The van der Waals surface area contributed by atoms with Gasteiger partial charge in [0, 0.05) is 0 Å². The van der Waals surface area contributed by atoms with E-state index in [2.05, 4.69) is 40.6 Å². The summed E-state index contributed by atoms with van der Waals surface area (Å²) in [5.74, 6) is 1.00. The number of para-hydroxylation sites is 1. The zero-order valence-corrected chi connectivity index (χ0v) is 12.6. The third-order valence-corrected chi connectivity index (χ3v) is 5.01. The Morgan fingerprint density at radius 2 is 2.10 bits per heavy atom. The highest BCUT2D eigenvalue weighted by Crippen LogP contribution is 2.39. The molecule has 0 saturated heterocycles. The highest BCUT2D eigenvalue weighted by molar-refractivity contribution is 7.22. The molecule has 1 aromatic heterocycles. The summed E-state index contributed by atoms with van der Waals surface area (Å²) in [6, 6.07) is 14.9. The number of nitrogens with zero attached hydrogens (tertiary/aromatic N) is 1. The summed E-state index contributed by atoms with van der Waals surface area (Å²) in [4.78, 5) is 4.67. The van der Waals surface area contributed by atoms with E-state index < -0.39 is 0 Å². The van der Waals surface area contributed by atoms with Crippen molar-refractivity contribution in [2.24, 2.45) is 0 Å². The van der Waals surface area contributed by atoms with Gasteiger partial charge in [-0.05, 0) is 42.2 Å². The average Bonchev–Trinajstić information content (AvgIpc) is 3.11. The van der Waals surface area contributed by atoms with E-state index in [-0.39, 0.29) is 0 Å². The Morgan fingerprint density at radius 1 is 1.19 bits per heavy atom. The van der Waals surface area contributed by atoms with Crippen LogP contribution >= 0.6 is 11.3 Å². The van der Waals surface area contributed by atoms with Crippen LogP contribution in [-0.2, 0) is 6.42 Å². The monoisotopic (exact) mass is 296 g/mol. The number of thiazole rings is 1. The van der Waals surface area contributed by atoms with Crippen LogP contribution in [0.15, 0.2) is 42.5 Å². The molecule has 1 aliphatic carbocycles. The molecule has 1 unspecified atom stereocenters. The largest absolute Gasteiger partial charge is 0.496 e. The molecule has 4 rings (SSSR count). The average molecular weight is 296 g/mol. The molecule has 0 saturated carbocycles. The Labute approximate surface area is 127 Å². The van der Waals surface area contributed by atoms with Crippen LogP contribution in [0.4, 0.5) is 5.13 Å². The van der Waals surface area contributed by atoms with Gasteiger partial charge in [-0.15, -0.1) is 0 Å². The first-order valence-corrected chi connectivity index (χ1v) is 7.94. The van der Waals surface area contributed by atoms with Gasteiger partial charge < -0.3 is 10.1 Å². The molecule has 0 aliphatic heterocycles. The number of rotatable bonds is 3. The smallest absolute Gasteiger partial charge is 0.184 e. The summed E-state index contributed by atoms with van der Waals surface area (Å²) in [6.45, 7) is 0. The van der Waals surface area contributed by atoms with Crippen molar-refractivity contribution in [3.8, 4) is 5.75 Å². The first-order chi connectivity index (χ1) is 10.3. The maximum Gasteiger partial charge on any atom is 0.184 e. The fourth-order valence-corrected chi connectivity index (χ4v) is 3.96. The normalized spacial score (nSPS) is 16.9. The molecule has 1 aliphatic rings. The van der Waals surface area contributed by atoms with Gasteiger partial charge in [0.05, 0.1) is 23.4 Å². The lowest BCUT2D eigenvalue weighted by molar-refractivity contribution is 0.410. The summed E-state index contributed by atoms with van der Waals surface area (Å²) in [5.41, 5.74) is 3.74. The summed E-state index contributed by atoms with van der Waals surface area (Å²) in [6.07, 6.45) is 2.15. The van der Waals surface area contributed by atoms with Crippen LogP contribution in [0.25, 0.3) is 10.2 Å². The van der Waals surface area contributed by atoms with Crippen LogP contribution in [0.1, 0.15) is 23.6 Å². The highest BCUT2D eigenvalue weighted by Gasteiger charge is 2.25. The highest BCUT2D eigenvalue weighted by atomic mass is 32.1. The van der Waals surface area contributed by atoms with Crippen LogP contribution in [-0.4, -0.2) is 12.1 Å². The van der Waals surface area contributed by atoms with Crippen molar-refractivity contribution >= 4 is 26.7 Å². The minimum absolute atomic E-state index is 0.329. The van der Waals surface area contributed by atoms with Gasteiger partial charge in [-0.25, -0.2) is 4.98 Å². The standard InChI is InChI=1S/C17H16N2OS/c1-20-15-7-4-5-11-12(15)9-10-13(11)18-17-19-14-6-2-3-8-16(14)21-17/h2-8,13H,9-10H2,1H3,(H,18,19). The van der Waals surface area contributed by atoms with Gasteiger partial charge in [0.15, 0.2) is 5.13 Å². The molecular weight excluding hydrogens is 280 g/mol. The summed E-state index contributed by atoms with van der Waals surface area (Å²) >= 11 is 1.72. The lowest BCUT2D eigenvalue weighted by Crippen LogP contribution is -2.06. The molecule has 3 nitrogen and oxygen atoms in total. The van der Waals surface area contributed by atoms with Gasteiger partial charge in [-0.1, -0.05) is 35.6 Å². The second-order valence-electron chi connectivity index (χ2n) is 5.25. The number of anilines is 1. The van der Waals surface area contributed by atoms with Crippen LogP contribution < -0.4 is 10.1 Å². The van der Waals surface area contributed by atoms with Crippen molar-refractivity contribution in [2.75, 3.05) is 12.4 Å². The van der Waals surface area contributed by atoms with Crippen molar-refractivity contribution in [1.82, 2.24) is 4.98 Å². The quantitative estimate of drug-likeness (QED) is 0.777. The predicted molar refractivity (Wildman–Crippen MR) is 87.3 cm³/mol. The molecule has 0 spiro atoms. The minimum Gasteiger partial charge on any atom is -0.496 e. The summed E-state index contributed by atoms with van der Waals surface area (Å²) < 4.78 is 6.69. The number of aromatic nitrogens is 1. The van der Waals surface area contributed by atoms with Crippen molar-refractivity contribution in [3.63, 3.8) is 0 Å². The molecule has 21 heavy (non-hydrogen) atoms. The molecule has 1 heterocycles. The maximum atomic E-state index is 5.46. The molecule has 1 N–H and O–H groups in total. The van der Waals surface area contributed by atoms with Crippen LogP contribution in [0, 0.1) is 0 Å². The summed E-state index contributed by atoms with van der Waals surface area (Å²) in [7, 11) is 1.74. The van der Waals surface area contributed by atoms with Gasteiger partial charge in [0.2, 0.25) is 0 Å². The first-order valence-electron chi connectivity index (χ1n) is 7.13. The van der Waals surface area contributed by atoms with Crippen molar-refractivity contribution in [2.45, 2.75) is 18.9 Å². The Bertz CT molecular complexity index is 763. The van der Waals surface area contributed by atoms with E-state index in [4.69, 9.17) is 4.74 Å². The number of benzene rings is 2. The summed E-state index contributed by atoms with van der Waals surface area (Å²) in [5, 5.41) is 4.59. The second-order valence-corrected chi connectivity index (χ2v) is 6.28. The molecule has 4 heteroatoms. The molecule has 0 fully saturated rings. The zero-order valence-electron chi connectivity index (χ0n) is 11.8. The second kappa shape index (κ2) is 5.04. The third kappa shape index (κ3) is 2.16. The topological polar surface area (TPSA) is 34.1 Å². The van der Waals surface area contributed by atoms with Crippen LogP contribution in [0.2, 0.25) is 0 Å². The number of methoxy groups -OCH3 is 1. The molecule has 3 aromatic rings. The molecule has 0 radical (unpaired) electrons. The van der Waals surface area contributed by atoms with Crippen LogP contribution in [0.5, 0.6) is 5.75 Å². The lowest BCUT2D eigenvalue weighted by atomic mass is 10.1. The van der Waals surface area contributed by atoms with Crippen molar-refractivity contribution < 1.29 is 4.74 Å². The van der Waals surface area contributed by atoms with E-state index in [9.17, 15) is 0 Å². The Hall–Kier alpha value is -2.07. The predicted octanol–water partition coefficient (Wildman–Crippen LogP) is 4.40. The molecule has 106 valence electrons. The van der Waals surface area contributed by atoms with Gasteiger partial charge >= 0.3 is 0 Å². The number of fused-ring (bicyclic) bond motifs is 2. The van der Waals surface area contributed by atoms with E-state index in [1.165, 1.54) is 15.8 Å². The SMILES string of the molecule is COc1cccc2c1CCC2Nc1nc2ccccc2s1. The van der Waals surface area contributed by atoms with Crippen LogP contribution in [0.3, 0.4) is 0 Å². The number of hydrogen-bond acceptors (Lipinski definition) is 4. The lowest BCUT2D eigenvalue weighted by Gasteiger charge is -2.13. The first kappa shape index (κ1) is 12.7.